The Hall–Kier alpha value is -2.53. The molecule has 1 amide bonds. The van der Waals surface area contributed by atoms with E-state index in [1.54, 1.807) is 38.1 Å². The van der Waals surface area contributed by atoms with E-state index in [-0.39, 0.29) is 12.2 Å². The lowest BCUT2D eigenvalue weighted by molar-refractivity contribution is -0.138. The van der Waals surface area contributed by atoms with Gasteiger partial charge in [-0.2, -0.15) is 5.26 Å². The minimum absolute atomic E-state index is 0.154. The fraction of sp³-hybridized carbons (Fsp3) is 0.267. The number of ether oxygens (including phenoxy) is 2. The molecular formula is C15H16BrN3O4. The molecule has 122 valence electrons. The Morgan fingerprint density at radius 1 is 1.48 bits per heavy atom. The highest BCUT2D eigenvalue weighted by Crippen LogP contribution is 2.18. The number of halogens is 1. The van der Waals surface area contributed by atoms with Crippen molar-refractivity contribution in [1.82, 2.24) is 10.9 Å². The van der Waals surface area contributed by atoms with Gasteiger partial charge < -0.3 is 14.9 Å². The summed E-state index contributed by atoms with van der Waals surface area (Å²) in [7, 11) is 0. The molecule has 1 aromatic rings. The lowest BCUT2D eigenvalue weighted by atomic mass is 10.3. The standard InChI is InChI=1S/C15H16BrN3O4/c1-3-22-15(21)11(8-17)9-18-19-14(20)10(2)23-13-6-4-5-12(16)7-13/h4-7,9-10,18H,3H2,1-2H3,(H,19,20)/b11-9+/t10-/m0/s1. The zero-order valence-corrected chi connectivity index (χ0v) is 14.2. The molecule has 0 heterocycles. The smallest absolute Gasteiger partial charge is 0.350 e. The van der Waals surface area contributed by atoms with Gasteiger partial charge in [-0.15, -0.1) is 0 Å². The van der Waals surface area contributed by atoms with Crippen molar-refractivity contribution in [3.05, 3.63) is 40.5 Å². The SMILES string of the molecule is CCOC(=O)/C(C#N)=C/NNC(=O)[C@H](C)Oc1cccc(Br)c1. The number of hydrazine groups is 1. The maximum Gasteiger partial charge on any atom is 0.350 e. The second-order valence-electron chi connectivity index (χ2n) is 4.24. The van der Waals surface area contributed by atoms with Crippen molar-refractivity contribution in [3.63, 3.8) is 0 Å². The van der Waals surface area contributed by atoms with Crippen molar-refractivity contribution >= 4 is 27.8 Å². The summed E-state index contributed by atoms with van der Waals surface area (Å²) < 4.78 is 11.0. The second-order valence-corrected chi connectivity index (χ2v) is 5.16. The number of esters is 1. The van der Waals surface area contributed by atoms with E-state index in [2.05, 4.69) is 31.5 Å². The van der Waals surface area contributed by atoms with Crippen molar-refractivity contribution in [2.75, 3.05) is 6.61 Å². The van der Waals surface area contributed by atoms with Gasteiger partial charge in [0.05, 0.1) is 6.61 Å². The number of hydrogen-bond acceptors (Lipinski definition) is 6. The second kappa shape index (κ2) is 9.48. The first-order chi connectivity index (χ1) is 11.0. The van der Waals surface area contributed by atoms with Crippen LogP contribution < -0.4 is 15.6 Å². The number of amides is 1. The van der Waals surface area contributed by atoms with Crippen LogP contribution in [0.3, 0.4) is 0 Å². The normalized spacial score (nSPS) is 11.8. The van der Waals surface area contributed by atoms with Crippen molar-refractivity contribution in [2.45, 2.75) is 20.0 Å². The molecule has 0 unspecified atom stereocenters. The zero-order chi connectivity index (χ0) is 17.2. The fourth-order valence-electron chi connectivity index (χ4n) is 1.42. The zero-order valence-electron chi connectivity index (χ0n) is 12.6. The summed E-state index contributed by atoms with van der Waals surface area (Å²) in [6, 6.07) is 8.74. The molecule has 0 fully saturated rings. The van der Waals surface area contributed by atoms with Gasteiger partial charge in [0.2, 0.25) is 0 Å². The molecule has 0 aliphatic heterocycles. The van der Waals surface area contributed by atoms with Crippen LogP contribution >= 0.6 is 15.9 Å². The number of rotatable bonds is 7. The van der Waals surface area contributed by atoms with E-state index in [0.29, 0.717) is 5.75 Å². The first-order valence-electron chi connectivity index (χ1n) is 6.73. The van der Waals surface area contributed by atoms with Gasteiger partial charge in [0.15, 0.2) is 11.7 Å². The fourth-order valence-corrected chi connectivity index (χ4v) is 1.80. The molecule has 0 aliphatic rings. The highest BCUT2D eigenvalue weighted by Gasteiger charge is 2.15. The first kappa shape index (κ1) is 18.5. The molecule has 0 aromatic heterocycles. The third-order valence-electron chi connectivity index (χ3n) is 2.51. The number of hydrogen-bond donors (Lipinski definition) is 2. The summed E-state index contributed by atoms with van der Waals surface area (Å²) >= 11 is 3.31. The molecule has 1 rings (SSSR count). The van der Waals surface area contributed by atoms with Gasteiger partial charge in [-0.05, 0) is 32.0 Å². The largest absolute Gasteiger partial charge is 0.481 e. The average Bonchev–Trinajstić information content (AvgIpc) is 2.51. The summed E-state index contributed by atoms with van der Waals surface area (Å²) in [6.07, 6.45) is 0.278. The third-order valence-corrected chi connectivity index (χ3v) is 3.00. The lowest BCUT2D eigenvalue weighted by Crippen LogP contribution is -2.42. The predicted octanol–water partition coefficient (Wildman–Crippen LogP) is 1.81. The van der Waals surface area contributed by atoms with E-state index in [9.17, 15) is 9.59 Å². The highest BCUT2D eigenvalue weighted by atomic mass is 79.9. The van der Waals surface area contributed by atoms with Crippen LogP contribution in [-0.4, -0.2) is 24.6 Å². The molecule has 0 saturated carbocycles. The Balaban J connectivity index is 2.52. The molecule has 0 spiro atoms. The van der Waals surface area contributed by atoms with Crippen molar-refractivity contribution in [3.8, 4) is 11.8 Å². The van der Waals surface area contributed by atoms with Crippen molar-refractivity contribution in [1.29, 1.82) is 5.26 Å². The molecule has 1 atom stereocenters. The van der Waals surface area contributed by atoms with E-state index < -0.39 is 18.0 Å². The topological polar surface area (TPSA) is 100 Å². The summed E-state index contributed by atoms with van der Waals surface area (Å²) in [6.45, 7) is 3.35. The average molecular weight is 382 g/mol. The minimum atomic E-state index is -0.779. The van der Waals surface area contributed by atoms with Gasteiger partial charge in [-0.1, -0.05) is 22.0 Å². The third kappa shape index (κ3) is 6.40. The molecule has 0 saturated heterocycles. The Bertz CT molecular complexity index is 640. The molecule has 0 aliphatic carbocycles. The Morgan fingerprint density at radius 2 is 2.22 bits per heavy atom. The molecule has 2 N–H and O–H groups in total. The van der Waals surface area contributed by atoms with Crippen LogP contribution in [0.15, 0.2) is 40.5 Å². The number of carbonyl (C=O) groups is 2. The van der Waals surface area contributed by atoms with Crippen LogP contribution in [0.5, 0.6) is 5.75 Å². The Labute approximate surface area is 142 Å². The predicted molar refractivity (Wildman–Crippen MR) is 85.8 cm³/mol. The molecule has 8 heteroatoms. The number of nitrogens with one attached hydrogen (secondary N) is 2. The van der Waals surface area contributed by atoms with Gasteiger partial charge in [0.25, 0.3) is 5.91 Å². The van der Waals surface area contributed by atoms with Gasteiger partial charge in [-0.25, -0.2) is 4.79 Å². The molecular weight excluding hydrogens is 366 g/mol. The monoisotopic (exact) mass is 381 g/mol. The van der Waals surface area contributed by atoms with Crippen LogP contribution in [0.2, 0.25) is 0 Å². The van der Waals surface area contributed by atoms with Gasteiger partial charge >= 0.3 is 5.97 Å². The van der Waals surface area contributed by atoms with E-state index in [1.165, 1.54) is 0 Å². The van der Waals surface area contributed by atoms with Crippen LogP contribution in [-0.2, 0) is 14.3 Å². The Kier molecular flexibility index (Phi) is 7.63. The van der Waals surface area contributed by atoms with Crippen LogP contribution in [0.1, 0.15) is 13.8 Å². The van der Waals surface area contributed by atoms with Crippen molar-refractivity contribution in [2.24, 2.45) is 0 Å². The van der Waals surface area contributed by atoms with Gasteiger partial charge in [0, 0.05) is 10.7 Å². The van der Waals surface area contributed by atoms with Crippen molar-refractivity contribution < 1.29 is 19.1 Å². The van der Waals surface area contributed by atoms with Crippen LogP contribution in [0.25, 0.3) is 0 Å². The molecule has 1 aromatic carbocycles. The first-order valence-corrected chi connectivity index (χ1v) is 7.52. The molecule has 23 heavy (non-hydrogen) atoms. The maximum atomic E-state index is 11.9. The summed E-state index contributed by atoms with van der Waals surface area (Å²) in [4.78, 5) is 23.2. The maximum absolute atomic E-state index is 11.9. The highest BCUT2D eigenvalue weighted by molar-refractivity contribution is 9.10. The van der Waals surface area contributed by atoms with E-state index in [4.69, 9.17) is 10.00 Å². The summed E-state index contributed by atoms with van der Waals surface area (Å²) in [5.74, 6) is -0.709. The number of carbonyl (C=O) groups excluding carboxylic acids is 2. The van der Waals surface area contributed by atoms with Gasteiger partial charge in [0.1, 0.15) is 11.8 Å². The lowest BCUT2D eigenvalue weighted by Gasteiger charge is -2.14. The Morgan fingerprint density at radius 3 is 2.83 bits per heavy atom. The van der Waals surface area contributed by atoms with E-state index in [0.717, 1.165) is 10.7 Å². The number of nitriles is 1. The summed E-state index contributed by atoms with van der Waals surface area (Å²) in [5, 5.41) is 8.82. The molecule has 0 radical (unpaired) electrons. The number of benzene rings is 1. The molecule has 0 bridgehead atoms. The number of nitrogens with zero attached hydrogens (tertiary/aromatic N) is 1. The quantitative estimate of drug-likeness (QED) is 0.323. The van der Waals surface area contributed by atoms with E-state index in [1.807, 2.05) is 6.07 Å². The summed E-state index contributed by atoms with van der Waals surface area (Å²) in [5.41, 5.74) is 4.44. The van der Waals surface area contributed by atoms with Crippen LogP contribution in [0, 0.1) is 11.3 Å². The minimum Gasteiger partial charge on any atom is -0.481 e. The molecule has 7 nitrogen and oxygen atoms in total. The van der Waals surface area contributed by atoms with E-state index >= 15 is 0 Å². The van der Waals surface area contributed by atoms with Gasteiger partial charge in [-0.3, -0.25) is 10.2 Å². The van der Waals surface area contributed by atoms with Crippen LogP contribution in [0.4, 0.5) is 0 Å².